The first-order chi connectivity index (χ1) is 17.2. The summed E-state index contributed by atoms with van der Waals surface area (Å²) in [5.74, 6) is 1.20. The number of hydrogen-bond acceptors (Lipinski definition) is 7. The maximum absolute atomic E-state index is 11.7. The highest BCUT2D eigenvalue weighted by atomic mass is 16.5. The first-order valence-electron chi connectivity index (χ1n) is 12.3. The summed E-state index contributed by atoms with van der Waals surface area (Å²) in [4.78, 5) is 25.6. The van der Waals surface area contributed by atoms with E-state index in [1.807, 2.05) is 27.0 Å². The number of rotatable bonds is 6. The Hall–Kier alpha value is -3.65. The zero-order chi connectivity index (χ0) is 25.6. The smallest absolute Gasteiger partial charge is 0.304 e. The number of nitrogens with one attached hydrogen (secondary N) is 1. The number of carbonyl (C=O) groups is 1. The molecule has 1 aromatic heterocycles. The number of aliphatic carboxylic acids is 1. The van der Waals surface area contributed by atoms with Gasteiger partial charge < -0.3 is 25.0 Å². The lowest BCUT2D eigenvalue weighted by Crippen LogP contribution is -2.31. The van der Waals surface area contributed by atoms with E-state index in [2.05, 4.69) is 57.5 Å². The topological polar surface area (TPSA) is 90.8 Å². The van der Waals surface area contributed by atoms with Crippen molar-refractivity contribution in [2.45, 2.75) is 45.6 Å². The van der Waals surface area contributed by atoms with Crippen LogP contribution in [0.2, 0.25) is 0 Å². The Kier molecular flexibility index (Phi) is 6.08. The molecule has 1 unspecified atom stereocenters. The summed E-state index contributed by atoms with van der Waals surface area (Å²) in [6, 6.07) is 10.5. The molecule has 0 radical (unpaired) electrons. The molecular formula is C28H33N5O3. The molecule has 2 aromatic carbocycles. The summed E-state index contributed by atoms with van der Waals surface area (Å²) < 4.78 is 5.69. The Morgan fingerprint density at radius 2 is 2.03 bits per heavy atom. The molecule has 2 N–H and O–H groups in total. The van der Waals surface area contributed by atoms with Crippen LogP contribution < -0.4 is 15.0 Å². The Morgan fingerprint density at radius 3 is 2.78 bits per heavy atom. The van der Waals surface area contributed by atoms with Crippen LogP contribution in [0.3, 0.4) is 0 Å². The average Bonchev–Trinajstić information content (AvgIpc) is 3.10. The van der Waals surface area contributed by atoms with E-state index in [4.69, 9.17) is 9.72 Å². The van der Waals surface area contributed by atoms with Gasteiger partial charge in [0, 0.05) is 42.5 Å². The van der Waals surface area contributed by atoms with Crippen molar-refractivity contribution < 1.29 is 14.6 Å². The van der Waals surface area contributed by atoms with Gasteiger partial charge in [-0.05, 0) is 62.2 Å². The second-order valence-electron chi connectivity index (χ2n) is 10.4. The van der Waals surface area contributed by atoms with E-state index >= 15 is 0 Å². The van der Waals surface area contributed by atoms with Crippen molar-refractivity contribution in [1.29, 1.82) is 0 Å². The maximum Gasteiger partial charge on any atom is 0.304 e. The van der Waals surface area contributed by atoms with Gasteiger partial charge in [0.15, 0.2) is 0 Å². The molecular weight excluding hydrogens is 454 g/mol. The first kappa shape index (κ1) is 24.1. The number of likely N-dealkylation sites (N-methyl/N-ethyl adjacent to an activating group) is 1. The molecule has 2 aliphatic rings. The third kappa shape index (κ3) is 4.37. The number of fused-ring (bicyclic) bond motifs is 2. The average molecular weight is 488 g/mol. The van der Waals surface area contributed by atoms with Crippen molar-refractivity contribution in [1.82, 2.24) is 14.9 Å². The highest BCUT2D eigenvalue weighted by molar-refractivity contribution is 5.77. The van der Waals surface area contributed by atoms with Crippen molar-refractivity contribution in [3.63, 3.8) is 0 Å². The van der Waals surface area contributed by atoms with E-state index in [1.54, 1.807) is 7.11 Å². The molecule has 0 fully saturated rings. The van der Waals surface area contributed by atoms with Gasteiger partial charge >= 0.3 is 5.97 Å². The molecule has 5 rings (SSSR count). The Labute approximate surface area is 211 Å². The van der Waals surface area contributed by atoms with E-state index in [1.165, 1.54) is 11.1 Å². The van der Waals surface area contributed by atoms with Crippen LogP contribution in [0.1, 0.15) is 41.2 Å². The SMILES string of the molecule is COc1cc2c(cc1Nc1ncc(C)c(N3CC(C)(CC(=O)O)c4cc(C)ccc43)n1)CN(C)CC2. The molecule has 0 amide bonds. The third-order valence-electron chi connectivity index (χ3n) is 7.31. The van der Waals surface area contributed by atoms with Crippen molar-refractivity contribution in [3.05, 3.63) is 64.3 Å². The number of carboxylic acid groups (broad SMARTS) is 1. The van der Waals surface area contributed by atoms with Crippen LogP contribution in [0.4, 0.5) is 23.1 Å². The number of methoxy groups -OCH3 is 1. The summed E-state index contributed by atoms with van der Waals surface area (Å²) in [6.07, 6.45) is 2.86. The second kappa shape index (κ2) is 9.09. The molecule has 36 heavy (non-hydrogen) atoms. The quantitative estimate of drug-likeness (QED) is 0.516. The van der Waals surface area contributed by atoms with Gasteiger partial charge in [0.25, 0.3) is 0 Å². The third-order valence-corrected chi connectivity index (χ3v) is 7.31. The summed E-state index contributed by atoms with van der Waals surface area (Å²) >= 11 is 0. The van der Waals surface area contributed by atoms with Crippen LogP contribution >= 0.6 is 0 Å². The summed E-state index contributed by atoms with van der Waals surface area (Å²) in [7, 11) is 3.80. The Balaban J connectivity index is 1.51. The van der Waals surface area contributed by atoms with E-state index < -0.39 is 11.4 Å². The lowest BCUT2D eigenvalue weighted by Gasteiger charge is -2.27. The molecule has 8 nitrogen and oxygen atoms in total. The second-order valence-corrected chi connectivity index (χ2v) is 10.4. The predicted octanol–water partition coefficient (Wildman–Crippen LogP) is 4.72. The number of aryl methyl sites for hydroxylation is 2. The largest absolute Gasteiger partial charge is 0.495 e. The van der Waals surface area contributed by atoms with Crippen molar-refractivity contribution in [2.75, 3.05) is 37.5 Å². The Morgan fingerprint density at radius 1 is 1.22 bits per heavy atom. The minimum Gasteiger partial charge on any atom is -0.495 e. The van der Waals surface area contributed by atoms with Crippen LogP contribution in [0.15, 0.2) is 36.5 Å². The highest BCUT2D eigenvalue weighted by Crippen LogP contribution is 2.47. The van der Waals surface area contributed by atoms with E-state index in [-0.39, 0.29) is 6.42 Å². The molecule has 0 saturated carbocycles. The highest BCUT2D eigenvalue weighted by Gasteiger charge is 2.42. The molecule has 0 aliphatic carbocycles. The first-order valence-corrected chi connectivity index (χ1v) is 12.3. The number of carboxylic acids is 1. The molecule has 1 atom stereocenters. The van der Waals surface area contributed by atoms with Gasteiger partial charge in [-0.2, -0.15) is 4.98 Å². The number of hydrogen-bond donors (Lipinski definition) is 2. The summed E-state index contributed by atoms with van der Waals surface area (Å²) in [5.41, 5.74) is 6.95. The van der Waals surface area contributed by atoms with Gasteiger partial charge in [-0.3, -0.25) is 4.79 Å². The number of aromatic nitrogens is 2. The number of anilines is 4. The number of ether oxygens (including phenoxy) is 1. The van der Waals surface area contributed by atoms with Crippen LogP contribution in [0, 0.1) is 13.8 Å². The molecule has 0 spiro atoms. The maximum atomic E-state index is 11.7. The van der Waals surface area contributed by atoms with Gasteiger partial charge in [0.2, 0.25) is 5.95 Å². The monoisotopic (exact) mass is 487 g/mol. The predicted molar refractivity (Wildman–Crippen MR) is 141 cm³/mol. The lowest BCUT2D eigenvalue weighted by molar-refractivity contribution is -0.138. The molecule has 8 heteroatoms. The molecule has 2 aliphatic heterocycles. The van der Waals surface area contributed by atoms with Gasteiger partial charge in [0.1, 0.15) is 11.6 Å². The minimum atomic E-state index is -0.807. The summed E-state index contributed by atoms with van der Waals surface area (Å²) in [5, 5.41) is 13.0. The van der Waals surface area contributed by atoms with Crippen LogP contribution in [0.5, 0.6) is 5.75 Å². The zero-order valence-electron chi connectivity index (χ0n) is 21.6. The molecule has 3 aromatic rings. The normalized spacial score (nSPS) is 19.1. The van der Waals surface area contributed by atoms with E-state index in [9.17, 15) is 9.90 Å². The van der Waals surface area contributed by atoms with E-state index in [0.29, 0.717) is 12.5 Å². The van der Waals surface area contributed by atoms with Crippen molar-refractivity contribution in [3.8, 4) is 5.75 Å². The molecule has 0 bridgehead atoms. The fraction of sp³-hybridized carbons (Fsp3) is 0.393. The zero-order valence-corrected chi connectivity index (χ0v) is 21.6. The van der Waals surface area contributed by atoms with Crippen LogP contribution in [-0.4, -0.2) is 53.2 Å². The molecule has 0 saturated heterocycles. The fourth-order valence-electron chi connectivity index (χ4n) is 5.44. The molecule has 3 heterocycles. The van der Waals surface area contributed by atoms with Gasteiger partial charge in [-0.15, -0.1) is 0 Å². The van der Waals surface area contributed by atoms with Crippen molar-refractivity contribution in [2.24, 2.45) is 0 Å². The lowest BCUT2D eigenvalue weighted by atomic mass is 9.81. The van der Waals surface area contributed by atoms with Gasteiger partial charge in [0.05, 0.1) is 19.2 Å². The fourth-order valence-corrected chi connectivity index (χ4v) is 5.44. The van der Waals surface area contributed by atoms with Gasteiger partial charge in [-0.1, -0.05) is 24.6 Å². The summed E-state index contributed by atoms with van der Waals surface area (Å²) in [6.45, 7) is 8.49. The number of benzene rings is 2. The van der Waals surface area contributed by atoms with E-state index in [0.717, 1.165) is 59.1 Å². The standard InChI is InChI=1S/C28H33N5O3/c1-17-6-7-23-21(10-17)28(3,13-25(34)35)16-33(23)26-18(2)14-29-27(31-26)30-22-11-20-15-32(4)9-8-19(20)12-24(22)36-5/h6-7,10-12,14H,8-9,13,15-16H2,1-5H3,(H,34,35)(H,29,30,31). The van der Waals surface area contributed by atoms with Gasteiger partial charge in [-0.25, -0.2) is 4.98 Å². The minimum absolute atomic E-state index is 0.0515. The van der Waals surface area contributed by atoms with Crippen molar-refractivity contribution >= 4 is 29.1 Å². The number of nitrogens with zero attached hydrogens (tertiary/aromatic N) is 4. The van der Waals surface area contributed by atoms with Crippen LogP contribution in [0.25, 0.3) is 0 Å². The van der Waals surface area contributed by atoms with Crippen LogP contribution in [-0.2, 0) is 23.2 Å². The Bertz CT molecular complexity index is 1340. The molecule has 188 valence electrons.